The lowest BCUT2D eigenvalue weighted by Crippen LogP contribution is -2.23. The van der Waals surface area contributed by atoms with Gasteiger partial charge in [0, 0.05) is 12.6 Å². The molecule has 1 amide bonds. The number of nitrogens with one attached hydrogen (secondary N) is 1. The third kappa shape index (κ3) is 3.11. The number of thiophene rings is 1. The van der Waals surface area contributed by atoms with Crippen LogP contribution in [0.25, 0.3) is 10.2 Å². The summed E-state index contributed by atoms with van der Waals surface area (Å²) in [7, 11) is 0. The van der Waals surface area contributed by atoms with Crippen LogP contribution < -0.4 is 10.9 Å². The normalized spacial score (nSPS) is 10.8. The fraction of sp³-hybridized carbons (Fsp3) is 0.118. The number of aromatic carboxylic acids is 1. The zero-order valence-corrected chi connectivity index (χ0v) is 14.0. The van der Waals surface area contributed by atoms with E-state index in [1.165, 1.54) is 11.5 Å². The number of nitrogens with zero attached hydrogens (tertiary/aromatic N) is 1. The Kier molecular flexibility index (Phi) is 4.28. The highest BCUT2D eigenvalue weighted by Gasteiger charge is 2.22. The second-order valence-corrected chi connectivity index (χ2v) is 6.35. The summed E-state index contributed by atoms with van der Waals surface area (Å²) in [5, 5.41) is 23.6. The summed E-state index contributed by atoms with van der Waals surface area (Å²) in [5.74, 6) is -2.33. The molecule has 0 aliphatic heterocycles. The molecule has 7 nitrogen and oxygen atoms in total. The maximum Gasteiger partial charge on any atom is 0.341 e. The summed E-state index contributed by atoms with van der Waals surface area (Å²) in [6.07, 6.45) is 0. The molecule has 2 aromatic heterocycles. The topological polar surface area (TPSA) is 109 Å². The van der Waals surface area contributed by atoms with Crippen LogP contribution in [0, 0.1) is 0 Å². The van der Waals surface area contributed by atoms with Crippen LogP contribution in [0.1, 0.15) is 22.8 Å². The first-order valence-electron chi connectivity index (χ1n) is 7.31. The maximum atomic E-state index is 12.5. The molecule has 0 saturated heterocycles. The first kappa shape index (κ1) is 16.7. The second kappa shape index (κ2) is 6.40. The van der Waals surface area contributed by atoms with Crippen molar-refractivity contribution in [2.45, 2.75) is 13.5 Å². The van der Waals surface area contributed by atoms with Crippen LogP contribution in [-0.4, -0.2) is 26.7 Å². The van der Waals surface area contributed by atoms with E-state index in [0.717, 1.165) is 16.9 Å². The summed E-state index contributed by atoms with van der Waals surface area (Å²) in [6.45, 7) is 1.53. The van der Waals surface area contributed by atoms with Crippen LogP contribution in [0.5, 0.6) is 5.75 Å². The number of fused-ring (bicyclic) bond motifs is 1. The van der Waals surface area contributed by atoms with E-state index in [1.54, 1.807) is 35.7 Å². The second-order valence-electron chi connectivity index (χ2n) is 5.44. The number of carbonyl (C=O) groups excluding carboxylic acids is 1. The molecule has 3 aromatic rings. The van der Waals surface area contributed by atoms with Gasteiger partial charge in [0.1, 0.15) is 5.56 Å². The van der Waals surface area contributed by atoms with Crippen LogP contribution in [-0.2, 0) is 11.3 Å². The molecule has 3 N–H and O–H groups in total. The van der Waals surface area contributed by atoms with E-state index in [9.17, 15) is 24.6 Å². The van der Waals surface area contributed by atoms with Gasteiger partial charge in [0.05, 0.1) is 16.8 Å². The fourth-order valence-electron chi connectivity index (χ4n) is 2.64. The molecular formula is C17H14N2O5S. The molecule has 0 radical (unpaired) electrons. The molecule has 0 fully saturated rings. The predicted molar refractivity (Wildman–Crippen MR) is 94.6 cm³/mol. The zero-order valence-electron chi connectivity index (χ0n) is 13.1. The molecule has 2 heterocycles. The van der Waals surface area contributed by atoms with Gasteiger partial charge < -0.3 is 15.5 Å². The van der Waals surface area contributed by atoms with Gasteiger partial charge in [0.25, 0.3) is 5.56 Å². The molecule has 25 heavy (non-hydrogen) atoms. The highest BCUT2D eigenvalue weighted by Crippen LogP contribution is 2.29. The van der Waals surface area contributed by atoms with Crippen LogP contribution in [0.2, 0.25) is 0 Å². The Morgan fingerprint density at radius 3 is 2.72 bits per heavy atom. The third-order valence-corrected chi connectivity index (χ3v) is 4.57. The van der Waals surface area contributed by atoms with Gasteiger partial charge in [0.2, 0.25) is 5.91 Å². The van der Waals surface area contributed by atoms with Gasteiger partial charge in [0.15, 0.2) is 5.75 Å². The van der Waals surface area contributed by atoms with Crippen molar-refractivity contribution < 1.29 is 19.8 Å². The van der Waals surface area contributed by atoms with Crippen LogP contribution in [0.4, 0.5) is 5.69 Å². The van der Waals surface area contributed by atoms with E-state index < -0.39 is 17.3 Å². The minimum Gasteiger partial charge on any atom is -0.502 e. The number of benzene rings is 1. The lowest BCUT2D eigenvalue weighted by molar-refractivity contribution is -0.114. The number of amides is 1. The largest absolute Gasteiger partial charge is 0.502 e. The van der Waals surface area contributed by atoms with Crippen molar-refractivity contribution in [2.24, 2.45) is 0 Å². The van der Waals surface area contributed by atoms with Crippen molar-refractivity contribution in [1.29, 1.82) is 0 Å². The molecule has 0 saturated carbocycles. The smallest absolute Gasteiger partial charge is 0.341 e. The summed E-state index contributed by atoms with van der Waals surface area (Å²) >= 11 is 1.14. The minimum absolute atomic E-state index is 0.132. The highest BCUT2D eigenvalue weighted by molar-refractivity contribution is 7.17. The number of aromatic nitrogens is 1. The van der Waals surface area contributed by atoms with Crippen LogP contribution in [0.3, 0.4) is 0 Å². The number of rotatable bonds is 4. The molecule has 128 valence electrons. The lowest BCUT2D eigenvalue weighted by atomic mass is 10.1. The average molecular weight is 358 g/mol. The van der Waals surface area contributed by atoms with E-state index in [-0.39, 0.29) is 18.0 Å². The molecular weight excluding hydrogens is 344 g/mol. The highest BCUT2D eigenvalue weighted by atomic mass is 32.1. The van der Waals surface area contributed by atoms with E-state index >= 15 is 0 Å². The number of hydrogen-bond donors (Lipinski definition) is 3. The molecule has 1 aromatic carbocycles. The van der Waals surface area contributed by atoms with Gasteiger partial charge in [-0.25, -0.2) is 4.79 Å². The number of carboxylic acid groups (broad SMARTS) is 1. The molecule has 3 rings (SSSR count). The van der Waals surface area contributed by atoms with Gasteiger partial charge in [-0.3, -0.25) is 14.2 Å². The van der Waals surface area contributed by atoms with Crippen LogP contribution >= 0.6 is 11.3 Å². The lowest BCUT2D eigenvalue weighted by Gasteiger charge is -2.12. The van der Waals surface area contributed by atoms with Crippen molar-refractivity contribution >= 4 is 39.1 Å². The average Bonchev–Trinajstić information content (AvgIpc) is 3.00. The number of aromatic hydroxyl groups is 1. The number of anilines is 1. The molecule has 0 spiro atoms. The minimum atomic E-state index is -1.35. The Morgan fingerprint density at radius 2 is 2.04 bits per heavy atom. The summed E-state index contributed by atoms with van der Waals surface area (Å²) < 4.78 is 1.66. The van der Waals surface area contributed by atoms with Gasteiger partial charge in [-0.1, -0.05) is 12.1 Å². The van der Waals surface area contributed by atoms with E-state index in [1.807, 2.05) is 0 Å². The Hall–Kier alpha value is -3.13. The number of hydrogen-bond acceptors (Lipinski definition) is 5. The van der Waals surface area contributed by atoms with E-state index in [0.29, 0.717) is 15.9 Å². The van der Waals surface area contributed by atoms with Crippen molar-refractivity contribution in [3.05, 3.63) is 57.2 Å². The van der Waals surface area contributed by atoms with Crippen molar-refractivity contribution in [1.82, 2.24) is 4.57 Å². The SMILES string of the molecule is CC(=O)Nc1cccc(Cn2c(=O)c(O)c(C(=O)O)c3sccc32)c1. The van der Waals surface area contributed by atoms with Gasteiger partial charge in [-0.15, -0.1) is 11.3 Å². The third-order valence-electron chi connectivity index (χ3n) is 3.65. The first-order chi connectivity index (χ1) is 11.9. The number of carbonyl (C=O) groups is 2. The zero-order chi connectivity index (χ0) is 18.1. The predicted octanol–water partition coefficient (Wildman–Crippen LogP) is 2.47. The first-order valence-corrected chi connectivity index (χ1v) is 8.19. The molecule has 0 aliphatic rings. The van der Waals surface area contributed by atoms with Crippen molar-refractivity contribution in [3.8, 4) is 5.75 Å². The number of carboxylic acids is 1. The van der Waals surface area contributed by atoms with Crippen LogP contribution in [0.15, 0.2) is 40.5 Å². The number of pyridine rings is 1. The molecule has 0 atom stereocenters. The van der Waals surface area contributed by atoms with Crippen molar-refractivity contribution in [3.63, 3.8) is 0 Å². The molecule has 0 bridgehead atoms. The summed E-state index contributed by atoms with van der Waals surface area (Å²) in [6, 6.07) is 8.60. The molecule has 0 unspecified atom stereocenters. The summed E-state index contributed by atoms with van der Waals surface area (Å²) in [5.41, 5.74) is 0.607. The molecule has 8 heteroatoms. The Bertz CT molecular complexity index is 1050. The van der Waals surface area contributed by atoms with Gasteiger partial charge >= 0.3 is 5.97 Å². The standard InChI is InChI=1S/C17H14N2O5S/c1-9(20)18-11-4-2-3-10(7-11)8-19-12-5-6-25-15(12)13(17(23)24)14(21)16(19)22/h2-7,21H,8H2,1H3,(H,18,20)(H,23,24). The van der Waals surface area contributed by atoms with E-state index in [2.05, 4.69) is 5.32 Å². The van der Waals surface area contributed by atoms with Crippen molar-refractivity contribution in [2.75, 3.05) is 5.32 Å². The molecule has 0 aliphatic carbocycles. The monoisotopic (exact) mass is 358 g/mol. The maximum absolute atomic E-state index is 12.5. The summed E-state index contributed by atoms with van der Waals surface area (Å²) in [4.78, 5) is 35.0. The van der Waals surface area contributed by atoms with Gasteiger partial charge in [-0.05, 0) is 29.1 Å². The quantitative estimate of drug-likeness (QED) is 0.664. The Morgan fingerprint density at radius 1 is 1.28 bits per heavy atom. The van der Waals surface area contributed by atoms with E-state index in [4.69, 9.17) is 0 Å². The van der Waals surface area contributed by atoms with Gasteiger partial charge in [-0.2, -0.15) is 0 Å². The Labute approximate surface area is 145 Å². The Balaban J connectivity index is 2.12. The fourth-order valence-corrected chi connectivity index (χ4v) is 3.58.